The lowest BCUT2D eigenvalue weighted by Crippen LogP contribution is -2.42. The van der Waals surface area contributed by atoms with Crippen LogP contribution in [0.5, 0.6) is 0 Å². The first-order valence-corrected chi connectivity index (χ1v) is 5.48. The van der Waals surface area contributed by atoms with E-state index < -0.39 is 0 Å². The Kier molecular flexibility index (Phi) is 2.87. The second-order valence-corrected chi connectivity index (χ2v) is 4.20. The number of carbonyl (C=O) groups is 1. The van der Waals surface area contributed by atoms with Gasteiger partial charge < -0.3 is 10.6 Å². The highest BCUT2D eigenvalue weighted by atomic mass is 16.2. The van der Waals surface area contributed by atoms with Gasteiger partial charge in [0, 0.05) is 25.0 Å². The molecule has 1 amide bonds. The van der Waals surface area contributed by atoms with E-state index in [2.05, 4.69) is 12.2 Å². The number of likely N-dealkylation sites (tertiary alicyclic amines) is 1. The molecule has 1 atom stereocenters. The van der Waals surface area contributed by atoms with Gasteiger partial charge in [-0.1, -0.05) is 12.2 Å². The van der Waals surface area contributed by atoms with Gasteiger partial charge in [0.2, 0.25) is 5.91 Å². The number of carbonyl (C=O) groups excluding carboxylic acids is 1. The average Bonchev–Trinajstić information content (AvgIpc) is 2.87. The van der Waals surface area contributed by atoms with Crippen LogP contribution in [0.3, 0.4) is 0 Å². The Morgan fingerprint density at radius 3 is 2.79 bits per heavy atom. The molecule has 2 rings (SSSR count). The van der Waals surface area contributed by atoms with Gasteiger partial charge in [-0.3, -0.25) is 4.79 Å². The van der Waals surface area contributed by atoms with Crippen molar-refractivity contribution in [1.82, 2.24) is 4.90 Å². The van der Waals surface area contributed by atoms with E-state index in [4.69, 9.17) is 5.73 Å². The molecule has 1 heterocycles. The van der Waals surface area contributed by atoms with Gasteiger partial charge in [0.15, 0.2) is 0 Å². The van der Waals surface area contributed by atoms with Gasteiger partial charge in [0.1, 0.15) is 0 Å². The minimum atomic E-state index is 0.210. The van der Waals surface area contributed by atoms with Gasteiger partial charge >= 0.3 is 0 Å². The number of hydrogen-bond donors (Lipinski definition) is 1. The molecule has 14 heavy (non-hydrogen) atoms. The highest BCUT2D eigenvalue weighted by Gasteiger charge is 2.32. The van der Waals surface area contributed by atoms with Gasteiger partial charge in [-0.2, -0.15) is 0 Å². The van der Waals surface area contributed by atoms with Crippen LogP contribution in [0.4, 0.5) is 0 Å². The average molecular weight is 194 g/mol. The summed E-state index contributed by atoms with van der Waals surface area (Å²) < 4.78 is 0. The topological polar surface area (TPSA) is 46.3 Å². The van der Waals surface area contributed by atoms with Crippen LogP contribution in [0.25, 0.3) is 0 Å². The summed E-state index contributed by atoms with van der Waals surface area (Å²) in [6.45, 7) is 1.53. The largest absolute Gasteiger partial charge is 0.338 e. The molecule has 0 aromatic heterocycles. The molecule has 0 bridgehead atoms. The maximum absolute atomic E-state index is 12.0. The molecule has 0 aromatic carbocycles. The minimum absolute atomic E-state index is 0.210. The van der Waals surface area contributed by atoms with Crippen molar-refractivity contribution in [1.29, 1.82) is 0 Å². The van der Waals surface area contributed by atoms with Crippen LogP contribution in [0, 0.1) is 5.92 Å². The molecule has 78 valence electrons. The van der Waals surface area contributed by atoms with E-state index in [1.165, 1.54) is 0 Å². The SMILES string of the molecule is NC[C@H]1CCCN1C(=O)C1CC=CC1. The van der Waals surface area contributed by atoms with Crippen molar-refractivity contribution in [3.05, 3.63) is 12.2 Å². The third kappa shape index (κ3) is 1.69. The highest BCUT2D eigenvalue weighted by Crippen LogP contribution is 2.25. The first-order valence-electron chi connectivity index (χ1n) is 5.48. The predicted octanol–water partition coefficient (Wildman–Crippen LogP) is 0.902. The number of hydrogen-bond acceptors (Lipinski definition) is 2. The highest BCUT2D eigenvalue weighted by molar-refractivity contribution is 5.80. The molecule has 0 saturated carbocycles. The molecule has 0 spiro atoms. The Morgan fingerprint density at radius 2 is 2.14 bits per heavy atom. The Hall–Kier alpha value is -0.830. The van der Waals surface area contributed by atoms with E-state index in [-0.39, 0.29) is 5.92 Å². The lowest BCUT2D eigenvalue weighted by molar-refractivity contribution is -0.135. The molecule has 0 unspecified atom stereocenters. The zero-order valence-corrected chi connectivity index (χ0v) is 8.48. The van der Waals surface area contributed by atoms with Gasteiger partial charge in [0.05, 0.1) is 0 Å². The lowest BCUT2D eigenvalue weighted by Gasteiger charge is -2.26. The minimum Gasteiger partial charge on any atom is -0.338 e. The second kappa shape index (κ2) is 4.13. The fraction of sp³-hybridized carbons (Fsp3) is 0.727. The third-order valence-corrected chi connectivity index (χ3v) is 3.29. The number of rotatable bonds is 2. The van der Waals surface area contributed by atoms with Crippen LogP contribution in [-0.4, -0.2) is 29.9 Å². The quantitative estimate of drug-likeness (QED) is 0.664. The van der Waals surface area contributed by atoms with Crippen molar-refractivity contribution >= 4 is 5.91 Å². The number of amides is 1. The molecule has 1 aliphatic heterocycles. The number of allylic oxidation sites excluding steroid dienone is 2. The maximum atomic E-state index is 12.0. The summed E-state index contributed by atoms with van der Waals surface area (Å²) in [6.07, 6.45) is 8.27. The Labute approximate surface area is 84.9 Å². The van der Waals surface area contributed by atoms with Crippen LogP contribution in [0.1, 0.15) is 25.7 Å². The number of nitrogens with two attached hydrogens (primary N) is 1. The van der Waals surface area contributed by atoms with E-state index in [9.17, 15) is 4.79 Å². The maximum Gasteiger partial charge on any atom is 0.226 e. The first-order chi connectivity index (χ1) is 6.83. The van der Waals surface area contributed by atoms with Crippen molar-refractivity contribution in [2.45, 2.75) is 31.7 Å². The predicted molar refractivity (Wildman–Crippen MR) is 55.7 cm³/mol. The summed E-state index contributed by atoms with van der Waals surface area (Å²) in [4.78, 5) is 14.0. The van der Waals surface area contributed by atoms with Crippen molar-refractivity contribution in [3.8, 4) is 0 Å². The normalized spacial score (nSPS) is 27.5. The summed E-state index contributed by atoms with van der Waals surface area (Å²) in [7, 11) is 0. The van der Waals surface area contributed by atoms with Crippen LogP contribution < -0.4 is 5.73 Å². The third-order valence-electron chi connectivity index (χ3n) is 3.29. The first kappa shape index (κ1) is 9.71. The zero-order valence-electron chi connectivity index (χ0n) is 8.48. The Bertz CT molecular complexity index is 242. The molecular formula is C11H18N2O. The molecule has 1 saturated heterocycles. The molecule has 3 nitrogen and oxygen atoms in total. The lowest BCUT2D eigenvalue weighted by atomic mass is 10.1. The monoisotopic (exact) mass is 194 g/mol. The second-order valence-electron chi connectivity index (χ2n) is 4.20. The Balaban J connectivity index is 1.96. The zero-order chi connectivity index (χ0) is 9.97. The van der Waals surface area contributed by atoms with Gasteiger partial charge in [0.25, 0.3) is 0 Å². The van der Waals surface area contributed by atoms with E-state index in [1.54, 1.807) is 0 Å². The van der Waals surface area contributed by atoms with Gasteiger partial charge in [-0.15, -0.1) is 0 Å². The molecule has 3 heteroatoms. The van der Waals surface area contributed by atoms with Crippen LogP contribution in [0.2, 0.25) is 0 Å². The van der Waals surface area contributed by atoms with Gasteiger partial charge in [-0.05, 0) is 25.7 Å². The van der Waals surface area contributed by atoms with Crippen LogP contribution in [0.15, 0.2) is 12.2 Å². The van der Waals surface area contributed by atoms with Crippen molar-refractivity contribution in [3.63, 3.8) is 0 Å². The smallest absolute Gasteiger partial charge is 0.226 e. The summed E-state index contributed by atoms with van der Waals surface area (Å²) in [6, 6.07) is 0.308. The molecule has 2 aliphatic rings. The fourth-order valence-corrected chi connectivity index (χ4v) is 2.42. The molecule has 0 radical (unpaired) electrons. The van der Waals surface area contributed by atoms with E-state index in [1.807, 2.05) is 4.90 Å². The van der Waals surface area contributed by atoms with Gasteiger partial charge in [-0.25, -0.2) is 0 Å². The Morgan fingerprint density at radius 1 is 1.43 bits per heavy atom. The standard InChI is InChI=1S/C11H18N2O/c12-8-10-6-3-7-13(10)11(14)9-4-1-2-5-9/h1-2,9-10H,3-8,12H2/t10-/m1/s1. The molecule has 1 fully saturated rings. The van der Waals surface area contributed by atoms with Crippen LogP contribution in [-0.2, 0) is 4.79 Å². The van der Waals surface area contributed by atoms with E-state index in [0.29, 0.717) is 18.5 Å². The fourth-order valence-electron chi connectivity index (χ4n) is 2.42. The molecule has 2 N–H and O–H groups in total. The molecule has 1 aliphatic carbocycles. The number of nitrogens with zero attached hydrogens (tertiary/aromatic N) is 1. The summed E-state index contributed by atoms with van der Waals surface area (Å²) >= 11 is 0. The summed E-state index contributed by atoms with van der Waals surface area (Å²) in [5.74, 6) is 0.532. The van der Waals surface area contributed by atoms with Crippen molar-refractivity contribution in [2.75, 3.05) is 13.1 Å². The summed E-state index contributed by atoms with van der Waals surface area (Å²) in [5, 5.41) is 0. The van der Waals surface area contributed by atoms with E-state index >= 15 is 0 Å². The molecular weight excluding hydrogens is 176 g/mol. The van der Waals surface area contributed by atoms with Crippen molar-refractivity contribution in [2.24, 2.45) is 11.7 Å². The summed E-state index contributed by atoms with van der Waals surface area (Å²) in [5.41, 5.74) is 5.65. The van der Waals surface area contributed by atoms with Crippen LogP contribution >= 0.6 is 0 Å². The van der Waals surface area contributed by atoms with E-state index in [0.717, 1.165) is 32.2 Å². The van der Waals surface area contributed by atoms with Crippen molar-refractivity contribution < 1.29 is 4.79 Å². The molecule has 0 aromatic rings.